The molecule has 1 aliphatic carbocycles. The van der Waals surface area contributed by atoms with Crippen molar-refractivity contribution in [3.8, 4) is 0 Å². The molecule has 112 valence electrons. The number of hydrogen-bond donors (Lipinski definition) is 2. The summed E-state index contributed by atoms with van der Waals surface area (Å²) in [5.41, 5.74) is 6.52. The highest BCUT2D eigenvalue weighted by Gasteiger charge is 2.14. The molecule has 2 aromatic rings. The Bertz CT molecular complexity index is 629. The van der Waals surface area contributed by atoms with Crippen LogP contribution >= 0.6 is 11.3 Å². The van der Waals surface area contributed by atoms with Gasteiger partial charge in [0.25, 0.3) is 5.91 Å². The van der Waals surface area contributed by atoms with Gasteiger partial charge in [-0.2, -0.15) is 0 Å². The third kappa shape index (κ3) is 3.56. The molecule has 0 atom stereocenters. The minimum atomic E-state index is 0.0468. The Morgan fingerprint density at radius 3 is 2.86 bits per heavy atom. The summed E-state index contributed by atoms with van der Waals surface area (Å²) >= 11 is 1.53. The average Bonchev–Trinajstić information content (AvgIpc) is 2.91. The molecule has 1 saturated carbocycles. The number of carbonyl (C=O) groups excluding carboxylic acids is 1. The largest absolute Gasteiger partial charge is 0.399 e. The van der Waals surface area contributed by atoms with Gasteiger partial charge in [0.05, 0.1) is 4.88 Å². The van der Waals surface area contributed by atoms with Crippen molar-refractivity contribution in [3.63, 3.8) is 0 Å². The zero-order chi connectivity index (χ0) is 14.7. The first-order valence-corrected chi connectivity index (χ1v) is 8.61. The van der Waals surface area contributed by atoms with Crippen LogP contribution in [0, 0.1) is 5.92 Å². The van der Waals surface area contributed by atoms with Crippen molar-refractivity contribution in [3.05, 3.63) is 29.1 Å². The summed E-state index contributed by atoms with van der Waals surface area (Å²) in [5, 5.41) is 4.12. The van der Waals surface area contributed by atoms with Crippen molar-refractivity contribution in [1.29, 1.82) is 0 Å². The number of carbonyl (C=O) groups is 1. The predicted molar refractivity (Wildman–Crippen MR) is 89.8 cm³/mol. The summed E-state index contributed by atoms with van der Waals surface area (Å²) < 4.78 is 1.11. The van der Waals surface area contributed by atoms with Gasteiger partial charge in [0.1, 0.15) is 0 Å². The van der Waals surface area contributed by atoms with Crippen LogP contribution < -0.4 is 11.1 Å². The minimum Gasteiger partial charge on any atom is -0.399 e. The van der Waals surface area contributed by atoms with E-state index in [4.69, 9.17) is 5.73 Å². The minimum absolute atomic E-state index is 0.0468. The van der Waals surface area contributed by atoms with Crippen LogP contribution in [0.2, 0.25) is 0 Å². The van der Waals surface area contributed by atoms with E-state index in [0.717, 1.165) is 39.5 Å². The molecule has 3 rings (SSSR count). The molecule has 1 aromatic heterocycles. The van der Waals surface area contributed by atoms with Crippen molar-refractivity contribution >= 4 is 33.0 Å². The van der Waals surface area contributed by atoms with E-state index in [2.05, 4.69) is 5.32 Å². The van der Waals surface area contributed by atoms with Crippen LogP contribution in [0.15, 0.2) is 24.3 Å². The first kappa shape index (κ1) is 14.4. The maximum atomic E-state index is 12.2. The standard InChI is InChI=1S/C17H22N2OS/c18-14-6-7-15-13(10-14)11-16(21-15)17(20)19-9-8-12-4-2-1-3-5-12/h6-7,10-12H,1-5,8-9,18H2,(H,19,20). The highest BCUT2D eigenvalue weighted by Crippen LogP contribution is 2.28. The lowest BCUT2D eigenvalue weighted by atomic mass is 9.87. The van der Waals surface area contributed by atoms with E-state index in [0.29, 0.717) is 0 Å². The normalized spacial score (nSPS) is 16.2. The van der Waals surface area contributed by atoms with Gasteiger partial charge in [0, 0.05) is 16.9 Å². The average molecular weight is 302 g/mol. The Balaban J connectivity index is 1.56. The molecular formula is C17H22N2OS. The zero-order valence-corrected chi connectivity index (χ0v) is 13.0. The van der Waals surface area contributed by atoms with Gasteiger partial charge in [0.2, 0.25) is 0 Å². The molecule has 0 bridgehead atoms. The van der Waals surface area contributed by atoms with Crippen LogP contribution in [-0.2, 0) is 0 Å². The van der Waals surface area contributed by atoms with Gasteiger partial charge in [-0.15, -0.1) is 11.3 Å². The summed E-state index contributed by atoms with van der Waals surface area (Å²) in [7, 11) is 0. The number of rotatable bonds is 4. The molecule has 0 radical (unpaired) electrons. The molecule has 0 saturated heterocycles. The van der Waals surface area contributed by atoms with E-state index < -0.39 is 0 Å². The number of hydrogen-bond acceptors (Lipinski definition) is 3. The van der Waals surface area contributed by atoms with Gasteiger partial charge in [-0.25, -0.2) is 0 Å². The predicted octanol–water partition coefficient (Wildman–Crippen LogP) is 4.18. The number of amides is 1. The topological polar surface area (TPSA) is 55.1 Å². The number of fused-ring (bicyclic) bond motifs is 1. The van der Waals surface area contributed by atoms with E-state index >= 15 is 0 Å². The SMILES string of the molecule is Nc1ccc2sc(C(=O)NCCC3CCCCC3)cc2c1. The molecule has 1 aromatic carbocycles. The Hall–Kier alpha value is -1.55. The van der Waals surface area contributed by atoms with Gasteiger partial charge in [0.15, 0.2) is 0 Å². The monoisotopic (exact) mass is 302 g/mol. The quantitative estimate of drug-likeness (QED) is 0.832. The van der Waals surface area contributed by atoms with Gasteiger partial charge in [-0.3, -0.25) is 4.79 Å². The fourth-order valence-electron chi connectivity index (χ4n) is 3.13. The Morgan fingerprint density at radius 1 is 1.24 bits per heavy atom. The summed E-state index contributed by atoms with van der Waals surface area (Å²) in [5.74, 6) is 0.854. The fraction of sp³-hybridized carbons (Fsp3) is 0.471. The lowest BCUT2D eigenvalue weighted by Gasteiger charge is -2.21. The smallest absolute Gasteiger partial charge is 0.261 e. The van der Waals surface area contributed by atoms with Gasteiger partial charge in [-0.1, -0.05) is 32.1 Å². The number of nitrogens with one attached hydrogen (secondary N) is 1. The number of thiophene rings is 1. The number of benzene rings is 1. The number of nitrogens with two attached hydrogens (primary N) is 1. The molecule has 1 amide bonds. The second-order valence-corrected chi connectivity index (χ2v) is 7.04. The van der Waals surface area contributed by atoms with Crippen LogP contribution in [0.3, 0.4) is 0 Å². The van der Waals surface area contributed by atoms with Gasteiger partial charge >= 0.3 is 0 Å². The first-order valence-electron chi connectivity index (χ1n) is 7.79. The van der Waals surface area contributed by atoms with E-state index in [1.807, 2.05) is 24.3 Å². The van der Waals surface area contributed by atoms with E-state index in [1.54, 1.807) is 0 Å². The Labute approximate surface area is 129 Å². The van der Waals surface area contributed by atoms with Gasteiger partial charge < -0.3 is 11.1 Å². The van der Waals surface area contributed by atoms with Crippen LogP contribution in [0.4, 0.5) is 5.69 Å². The third-order valence-electron chi connectivity index (χ3n) is 4.33. The first-order chi connectivity index (χ1) is 10.2. The third-order valence-corrected chi connectivity index (χ3v) is 5.44. The van der Waals surface area contributed by atoms with Gasteiger partial charge in [-0.05, 0) is 42.0 Å². The van der Waals surface area contributed by atoms with Crippen molar-refractivity contribution in [2.45, 2.75) is 38.5 Å². The lowest BCUT2D eigenvalue weighted by molar-refractivity contribution is 0.0954. The Morgan fingerprint density at radius 2 is 2.05 bits per heavy atom. The van der Waals surface area contributed by atoms with Crippen LogP contribution in [0.1, 0.15) is 48.2 Å². The van der Waals surface area contributed by atoms with E-state index in [-0.39, 0.29) is 5.91 Å². The van der Waals surface area contributed by atoms with E-state index in [1.165, 1.54) is 43.4 Å². The van der Waals surface area contributed by atoms with Crippen molar-refractivity contribution in [2.24, 2.45) is 5.92 Å². The molecule has 0 spiro atoms. The molecule has 3 N–H and O–H groups in total. The molecule has 21 heavy (non-hydrogen) atoms. The summed E-state index contributed by atoms with van der Waals surface area (Å²) in [6, 6.07) is 7.72. The molecule has 1 aliphatic rings. The molecule has 1 fully saturated rings. The van der Waals surface area contributed by atoms with Crippen molar-refractivity contribution in [1.82, 2.24) is 5.32 Å². The second-order valence-electron chi connectivity index (χ2n) is 5.96. The second kappa shape index (κ2) is 6.48. The molecule has 3 nitrogen and oxygen atoms in total. The highest BCUT2D eigenvalue weighted by molar-refractivity contribution is 7.20. The Kier molecular flexibility index (Phi) is 4.44. The van der Waals surface area contributed by atoms with E-state index in [9.17, 15) is 4.79 Å². The maximum Gasteiger partial charge on any atom is 0.261 e. The van der Waals surface area contributed by atoms with Crippen LogP contribution in [-0.4, -0.2) is 12.5 Å². The molecule has 1 heterocycles. The van der Waals surface area contributed by atoms with Crippen molar-refractivity contribution in [2.75, 3.05) is 12.3 Å². The van der Waals surface area contributed by atoms with Crippen LogP contribution in [0.5, 0.6) is 0 Å². The number of nitrogen functional groups attached to an aromatic ring is 1. The molecule has 4 heteroatoms. The lowest BCUT2D eigenvalue weighted by Crippen LogP contribution is -2.25. The maximum absolute atomic E-state index is 12.2. The molecule has 0 unspecified atom stereocenters. The zero-order valence-electron chi connectivity index (χ0n) is 12.2. The highest BCUT2D eigenvalue weighted by atomic mass is 32.1. The summed E-state index contributed by atoms with van der Waals surface area (Å²) in [6.45, 7) is 0.792. The summed E-state index contributed by atoms with van der Waals surface area (Å²) in [4.78, 5) is 13.0. The molecular weight excluding hydrogens is 280 g/mol. The fourth-order valence-corrected chi connectivity index (χ4v) is 4.09. The number of anilines is 1. The summed E-state index contributed by atoms with van der Waals surface area (Å²) in [6.07, 6.45) is 7.88. The van der Waals surface area contributed by atoms with Crippen molar-refractivity contribution < 1.29 is 4.79 Å². The van der Waals surface area contributed by atoms with Crippen LogP contribution in [0.25, 0.3) is 10.1 Å². The molecule has 0 aliphatic heterocycles.